The van der Waals surface area contributed by atoms with E-state index in [-0.39, 0.29) is 6.10 Å². The highest BCUT2D eigenvalue weighted by atomic mass is 16.5. The molecule has 0 amide bonds. The monoisotopic (exact) mass is 320 g/mol. The van der Waals surface area contributed by atoms with Gasteiger partial charge in [-0.05, 0) is 23.8 Å². The Bertz CT molecular complexity index is 855. The molecule has 1 atom stereocenters. The lowest BCUT2D eigenvalue weighted by Gasteiger charge is -2.30. The minimum atomic E-state index is 0.0349. The molecule has 2 aliphatic rings. The Morgan fingerprint density at radius 3 is 2.75 bits per heavy atom. The highest BCUT2D eigenvalue weighted by molar-refractivity contribution is 5.94. The van der Waals surface area contributed by atoms with E-state index in [1.807, 2.05) is 18.4 Å². The topological polar surface area (TPSA) is 37.6 Å². The van der Waals surface area contributed by atoms with Crippen molar-refractivity contribution in [3.63, 3.8) is 0 Å². The molecule has 0 bridgehead atoms. The first-order chi connectivity index (χ1) is 11.9. The van der Waals surface area contributed by atoms with Crippen molar-refractivity contribution < 1.29 is 9.15 Å². The van der Waals surface area contributed by atoms with Gasteiger partial charge in [-0.15, -0.1) is 0 Å². The zero-order chi connectivity index (χ0) is 15.9. The maximum Gasteiger partial charge on any atom is 0.136 e. The van der Waals surface area contributed by atoms with Gasteiger partial charge in [0.25, 0.3) is 0 Å². The van der Waals surface area contributed by atoms with Crippen molar-refractivity contribution in [2.45, 2.75) is 12.5 Å². The normalized spacial score (nSPS) is 20.2. The van der Waals surface area contributed by atoms with Crippen molar-refractivity contribution >= 4 is 16.7 Å². The number of rotatable bonds is 2. The van der Waals surface area contributed by atoms with Crippen molar-refractivity contribution in [3.05, 3.63) is 59.9 Å². The number of piperazine rings is 1. The Kier molecular flexibility index (Phi) is 3.23. The second kappa shape index (κ2) is 5.56. The standard InChI is InChI=1S/C20H20N2O2/c1-2-6-17-14(4-1)12-19(24-17)15-13-23-18-7-3-5-16(20(15)18)22-10-8-21-9-11-22/h1-7,13,19,21H,8-12H2. The Morgan fingerprint density at radius 2 is 1.88 bits per heavy atom. The van der Waals surface area contributed by atoms with Crippen LogP contribution in [0.15, 0.2) is 53.1 Å². The van der Waals surface area contributed by atoms with Gasteiger partial charge in [-0.2, -0.15) is 0 Å². The fraction of sp³-hybridized carbons (Fsp3) is 0.300. The molecule has 0 saturated carbocycles. The predicted molar refractivity (Wildman–Crippen MR) is 94.8 cm³/mol. The highest BCUT2D eigenvalue weighted by Crippen LogP contribution is 2.42. The van der Waals surface area contributed by atoms with Crippen molar-refractivity contribution in [2.24, 2.45) is 0 Å². The Morgan fingerprint density at radius 1 is 1.00 bits per heavy atom. The molecular weight excluding hydrogens is 300 g/mol. The van der Waals surface area contributed by atoms with Gasteiger partial charge in [-0.1, -0.05) is 24.3 Å². The maximum atomic E-state index is 6.21. The average molecular weight is 320 g/mol. The summed E-state index contributed by atoms with van der Waals surface area (Å²) in [6.07, 6.45) is 2.82. The number of fused-ring (bicyclic) bond motifs is 2. The second-order valence-electron chi connectivity index (χ2n) is 6.50. The average Bonchev–Trinajstić information content (AvgIpc) is 3.26. The summed E-state index contributed by atoms with van der Waals surface area (Å²) in [5.41, 5.74) is 4.64. The summed E-state index contributed by atoms with van der Waals surface area (Å²) in [7, 11) is 0. The van der Waals surface area contributed by atoms with Crippen LogP contribution >= 0.6 is 0 Å². The third-order valence-corrected chi connectivity index (χ3v) is 5.06. The fourth-order valence-electron chi connectivity index (χ4n) is 3.86. The zero-order valence-electron chi connectivity index (χ0n) is 13.5. The quantitative estimate of drug-likeness (QED) is 0.784. The number of furan rings is 1. The van der Waals surface area contributed by atoms with Crippen LogP contribution in [0.2, 0.25) is 0 Å². The molecule has 24 heavy (non-hydrogen) atoms. The van der Waals surface area contributed by atoms with E-state index in [0.717, 1.165) is 49.5 Å². The lowest BCUT2D eigenvalue weighted by molar-refractivity contribution is 0.239. The molecule has 1 aromatic heterocycles. The van der Waals surface area contributed by atoms with Gasteiger partial charge in [0.05, 0.1) is 11.6 Å². The summed E-state index contributed by atoms with van der Waals surface area (Å²) < 4.78 is 12.1. The first kappa shape index (κ1) is 13.9. The number of benzene rings is 2. The van der Waals surface area contributed by atoms with E-state index in [1.165, 1.54) is 16.6 Å². The summed E-state index contributed by atoms with van der Waals surface area (Å²) in [5, 5.41) is 4.62. The van der Waals surface area contributed by atoms with Gasteiger partial charge in [-0.25, -0.2) is 0 Å². The van der Waals surface area contributed by atoms with E-state index in [0.29, 0.717) is 0 Å². The second-order valence-corrected chi connectivity index (χ2v) is 6.50. The molecule has 0 aliphatic carbocycles. The molecule has 1 N–H and O–H groups in total. The van der Waals surface area contributed by atoms with Gasteiger partial charge >= 0.3 is 0 Å². The molecule has 4 nitrogen and oxygen atoms in total. The van der Waals surface area contributed by atoms with Gasteiger partial charge in [0.2, 0.25) is 0 Å². The molecule has 5 rings (SSSR count). The van der Waals surface area contributed by atoms with E-state index in [4.69, 9.17) is 9.15 Å². The number of nitrogens with zero attached hydrogens (tertiary/aromatic N) is 1. The van der Waals surface area contributed by atoms with Crippen molar-refractivity contribution in [2.75, 3.05) is 31.1 Å². The van der Waals surface area contributed by atoms with Crippen LogP contribution in [-0.2, 0) is 6.42 Å². The van der Waals surface area contributed by atoms with Gasteiger partial charge in [0, 0.05) is 43.9 Å². The van der Waals surface area contributed by atoms with E-state index >= 15 is 0 Å². The van der Waals surface area contributed by atoms with Crippen LogP contribution in [0.5, 0.6) is 5.75 Å². The van der Waals surface area contributed by atoms with Crippen molar-refractivity contribution in [3.8, 4) is 5.75 Å². The maximum absolute atomic E-state index is 6.21. The summed E-state index contributed by atoms with van der Waals surface area (Å²) in [6.45, 7) is 4.09. The molecule has 1 unspecified atom stereocenters. The number of anilines is 1. The molecule has 2 aliphatic heterocycles. The van der Waals surface area contributed by atoms with E-state index in [9.17, 15) is 0 Å². The molecular formula is C20H20N2O2. The van der Waals surface area contributed by atoms with Crippen LogP contribution in [0.1, 0.15) is 17.2 Å². The van der Waals surface area contributed by atoms with E-state index in [1.54, 1.807) is 0 Å². The van der Waals surface area contributed by atoms with E-state index < -0.39 is 0 Å². The van der Waals surface area contributed by atoms with Crippen molar-refractivity contribution in [1.82, 2.24) is 5.32 Å². The summed E-state index contributed by atoms with van der Waals surface area (Å²) in [4.78, 5) is 2.44. The molecule has 3 heterocycles. The largest absolute Gasteiger partial charge is 0.485 e. The SMILES string of the molecule is c1ccc2c(c1)CC(c1coc3cccc(N4CCNCC4)c13)O2. The highest BCUT2D eigenvalue weighted by Gasteiger charge is 2.28. The molecule has 0 radical (unpaired) electrons. The first-order valence-electron chi connectivity index (χ1n) is 8.60. The van der Waals surface area contributed by atoms with Gasteiger partial charge in [-0.3, -0.25) is 0 Å². The third-order valence-electron chi connectivity index (χ3n) is 5.06. The zero-order valence-corrected chi connectivity index (χ0v) is 13.5. The van der Waals surface area contributed by atoms with Crippen LogP contribution < -0.4 is 15.0 Å². The van der Waals surface area contributed by atoms with Crippen molar-refractivity contribution in [1.29, 1.82) is 0 Å². The summed E-state index contributed by atoms with van der Waals surface area (Å²) in [6, 6.07) is 14.6. The molecule has 0 spiro atoms. The number of para-hydroxylation sites is 1. The molecule has 3 aromatic rings. The molecule has 1 fully saturated rings. The number of ether oxygens (including phenoxy) is 1. The van der Waals surface area contributed by atoms with Crippen LogP contribution in [0.4, 0.5) is 5.69 Å². The van der Waals surface area contributed by atoms with Crippen LogP contribution in [0, 0.1) is 0 Å². The van der Waals surface area contributed by atoms with Gasteiger partial charge < -0.3 is 19.4 Å². The molecule has 4 heteroatoms. The fourth-order valence-corrected chi connectivity index (χ4v) is 3.86. The van der Waals surface area contributed by atoms with Gasteiger partial charge in [0.1, 0.15) is 17.4 Å². The third kappa shape index (κ3) is 2.18. The number of hydrogen-bond donors (Lipinski definition) is 1. The van der Waals surface area contributed by atoms with E-state index in [2.05, 4.69) is 40.5 Å². The smallest absolute Gasteiger partial charge is 0.136 e. The van der Waals surface area contributed by atoms with Crippen LogP contribution in [0.3, 0.4) is 0 Å². The van der Waals surface area contributed by atoms with Crippen LogP contribution in [-0.4, -0.2) is 26.2 Å². The first-order valence-corrected chi connectivity index (χ1v) is 8.60. The Balaban J connectivity index is 1.57. The van der Waals surface area contributed by atoms with Crippen LogP contribution in [0.25, 0.3) is 11.0 Å². The summed E-state index contributed by atoms with van der Waals surface area (Å²) >= 11 is 0. The molecule has 1 saturated heterocycles. The number of hydrogen-bond acceptors (Lipinski definition) is 4. The lowest BCUT2D eigenvalue weighted by atomic mass is 10.0. The Hall–Kier alpha value is -2.46. The van der Waals surface area contributed by atoms with Gasteiger partial charge in [0.15, 0.2) is 0 Å². The predicted octanol–water partition coefficient (Wildman–Crippen LogP) is 3.52. The lowest BCUT2D eigenvalue weighted by Crippen LogP contribution is -2.43. The molecule has 122 valence electrons. The Labute approximate surface area is 141 Å². The minimum absolute atomic E-state index is 0.0349. The minimum Gasteiger partial charge on any atom is -0.485 e. The number of nitrogens with one attached hydrogen (secondary N) is 1. The summed E-state index contributed by atoms with van der Waals surface area (Å²) in [5.74, 6) is 0.997. The molecule has 2 aromatic carbocycles.